The largest absolute Gasteiger partial charge is 0.456 e. The Morgan fingerprint density at radius 3 is 1.92 bits per heavy atom. The maximum absolute atomic E-state index is 6.90. The molecule has 0 saturated carbocycles. The molecule has 7 aromatic carbocycles. The molecule has 53 heavy (non-hydrogen) atoms. The third-order valence-corrected chi connectivity index (χ3v) is 9.43. The maximum Gasteiger partial charge on any atom is 0.136 e. The molecule has 0 bridgehead atoms. The summed E-state index contributed by atoms with van der Waals surface area (Å²) in [5, 5.41) is 2.15. The number of nitrogens with zero attached hydrogens (tertiary/aromatic N) is 2. The van der Waals surface area contributed by atoms with Gasteiger partial charge in [0.25, 0.3) is 0 Å². The Labute approximate surface area is 309 Å². The van der Waals surface area contributed by atoms with Crippen LogP contribution in [0.2, 0.25) is 0 Å². The molecule has 1 heterocycles. The van der Waals surface area contributed by atoms with Gasteiger partial charge in [-0.25, -0.2) is 4.99 Å². The van der Waals surface area contributed by atoms with Crippen LogP contribution < -0.4 is 11.5 Å². The summed E-state index contributed by atoms with van der Waals surface area (Å²) < 4.78 is 6.25. The van der Waals surface area contributed by atoms with E-state index >= 15 is 0 Å². The van der Waals surface area contributed by atoms with Crippen molar-refractivity contribution in [2.45, 2.75) is 12.5 Å². The molecule has 8 aromatic rings. The first kappa shape index (κ1) is 33.2. The van der Waals surface area contributed by atoms with Gasteiger partial charge in [0.05, 0.1) is 5.70 Å². The highest BCUT2D eigenvalue weighted by atomic mass is 16.3. The van der Waals surface area contributed by atoms with E-state index in [2.05, 4.69) is 91.0 Å². The third kappa shape index (κ3) is 7.41. The second-order valence-electron chi connectivity index (χ2n) is 13.0. The molecular weight excluding hydrogens is 649 g/mol. The minimum atomic E-state index is -0.393. The van der Waals surface area contributed by atoms with Crippen molar-refractivity contribution in [1.29, 1.82) is 0 Å². The molecule has 5 nitrogen and oxygen atoms in total. The van der Waals surface area contributed by atoms with Crippen LogP contribution in [0.1, 0.15) is 39.4 Å². The quantitative estimate of drug-likeness (QED) is 0.111. The van der Waals surface area contributed by atoms with E-state index in [4.69, 9.17) is 25.9 Å². The fourth-order valence-corrected chi connectivity index (χ4v) is 6.69. The molecule has 1 atom stereocenters. The first-order valence-electron chi connectivity index (χ1n) is 17.7. The van der Waals surface area contributed by atoms with E-state index in [-0.39, 0.29) is 0 Å². The second kappa shape index (κ2) is 15.1. The van der Waals surface area contributed by atoms with Crippen LogP contribution >= 0.6 is 0 Å². The molecule has 0 amide bonds. The number of allylic oxidation sites excluding steroid dienone is 1. The SMILES string of the molecule is NC(=N/C(=C\Cc1ccccc1)c1ccc2c(c1)oc1ccccc12)c1cccc(C(N=C(N)c2ccccc2)c2cccc(-c3ccccc3)c2)c1. The van der Waals surface area contributed by atoms with Crippen molar-refractivity contribution in [3.63, 3.8) is 0 Å². The van der Waals surface area contributed by atoms with Crippen LogP contribution in [0.5, 0.6) is 0 Å². The average Bonchev–Trinajstić information content (AvgIpc) is 3.60. The summed E-state index contributed by atoms with van der Waals surface area (Å²) in [6, 6.07) is 61.1. The number of amidine groups is 2. The normalized spacial score (nSPS) is 13.0. The molecule has 256 valence electrons. The van der Waals surface area contributed by atoms with Crippen LogP contribution in [0.4, 0.5) is 0 Å². The van der Waals surface area contributed by atoms with Crippen molar-refractivity contribution in [2.75, 3.05) is 0 Å². The molecule has 0 aliphatic carbocycles. The summed E-state index contributed by atoms with van der Waals surface area (Å²) in [6.07, 6.45) is 2.82. The summed E-state index contributed by atoms with van der Waals surface area (Å²) >= 11 is 0. The van der Waals surface area contributed by atoms with Crippen LogP contribution in [0.25, 0.3) is 38.8 Å². The Bertz CT molecular complexity index is 2600. The Hall–Kier alpha value is -6.98. The van der Waals surface area contributed by atoms with E-state index in [1.807, 2.05) is 97.1 Å². The van der Waals surface area contributed by atoms with Gasteiger partial charge in [0.15, 0.2) is 0 Å². The van der Waals surface area contributed by atoms with E-state index in [9.17, 15) is 0 Å². The van der Waals surface area contributed by atoms with Gasteiger partial charge in [0.1, 0.15) is 28.9 Å². The van der Waals surface area contributed by atoms with Gasteiger partial charge in [-0.05, 0) is 64.6 Å². The molecule has 4 N–H and O–H groups in total. The van der Waals surface area contributed by atoms with Crippen molar-refractivity contribution in [3.8, 4) is 11.1 Å². The number of aliphatic imine (C=N–C) groups is 2. The number of nitrogens with two attached hydrogens (primary N) is 2. The zero-order valence-corrected chi connectivity index (χ0v) is 29.1. The van der Waals surface area contributed by atoms with Crippen molar-refractivity contribution in [3.05, 3.63) is 221 Å². The van der Waals surface area contributed by atoms with Crippen molar-refractivity contribution in [1.82, 2.24) is 0 Å². The van der Waals surface area contributed by atoms with Crippen LogP contribution in [0.15, 0.2) is 202 Å². The summed E-state index contributed by atoms with van der Waals surface area (Å²) in [6.45, 7) is 0. The zero-order chi connectivity index (χ0) is 36.0. The number of hydrogen-bond donors (Lipinski definition) is 2. The topological polar surface area (TPSA) is 89.9 Å². The molecule has 0 fully saturated rings. The predicted octanol–water partition coefficient (Wildman–Crippen LogP) is 10.7. The van der Waals surface area contributed by atoms with Gasteiger partial charge < -0.3 is 15.9 Å². The van der Waals surface area contributed by atoms with E-state index in [0.29, 0.717) is 18.1 Å². The molecule has 0 aliphatic rings. The van der Waals surface area contributed by atoms with E-state index in [0.717, 1.165) is 66.6 Å². The van der Waals surface area contributed by atoms with Crippen LogP contribution in [-0.4, -0.2) is 11.7 Å². The number of benzene rings is 7. The van der Waals surface area contributed by atoms with Gasteiger partial charge in [-0.1, -0.05) is 158 Å². The smallest absolute Gasteiger partial charge is 0.136 e. The molecule has 5 heteroatoms. The number of furan rings is 1. The van der Waals surface area contributed by atoms with Gasteiger partial charge in [-0.2, -0.15) is 0 Å². The lowest BCUT2D eigenvalue weighted by molar-refractivity contribution is 0.669. The standard InChI is InChI=1S/C48H38N4O/c49-47(35-18-8-3-9-19-35)52-46(38-21-12-20-36(30-38)34-16-6-2-7-17-34)39-22-13-23-40(31-39)48(50)51-43(29-26-33-14-4-1-5-15-33)37-27-28-42-41-24-10-11-25-44(41)53-45(42)32-37/h1-25,27-32,46H,26H2,(H2,49,52)(H2,50,51)/b43-29-. The molecule has 0 aliphatic heterocycles. The molecule has 1 aromatic heterocycles. The van der Waals surface area contributed by atoms with E-state index < -0.39 is 6.04 Å². The monoisotopic (exact) mass is 686 g/mol. The lowest BCUT2D eigenvalue weighted by Gasteiger charge is -2.17. The Balaban J connectivity index is 1.20. The van der Waals surface area contributed by atoms with E-state index in [1.165, 1.54) is 5.56 Å². The molecule has 8 rings (SSSR count). The number of para-hydroxylation sites is 1. The van der Waals surface area contributed by atoms with Gasteiger partial charge in [0.2, 0.25) is 0 Å². The fourth-order valence-electron chi connectivity index (χ4n) is 6.69. The van der Waals surface area contributed by atoms with E-state index in [1.54, 1.807) is 0 Å². The highest BCUT2D eigenvalue weighted by Gasteiger charge is 2.17. The van der Waals surface area contributed by atoms with Crippen molar-refractivity contribution < 1.29 is 4.42 Å². The third-order valence-electron chi connectivity index (χ3n) is 9.43. The number of rotatable bonds is 10. The van der Waals surface area contributed by atoms with Gasteiger partial charge in [-0.3, -0.25) is 4.99 Å². The average molecular weight is 687 g/mol. The number of fused-ring (bicyclic) bond motifs is 3. The molecule has 1 unspecified atom stereocenters. The Morgan fingerprint density at radius 2 is 1.13 bits per heavy atom. The summed E-state index contributed by atoms with van der Waals surface area (Å²) in [7, 11) is 0. The van der Waals surface area contributed by atoms with Gasteiger partial charge in [0, 0.05) is 27.5 Å². The molecule has 0 spiro atoms. The zero-order valence-electron chi connectivity index (χ0n) is 29.1. The predicted molar refractivity (Wildman–Crippen MR) is 220 cm³/mol. The molecule has 0 radical (unpaired) electrons. The highest BCUT2D eigenvalue weighted by molar-refractivity contribution is 6.06. The van der Waals surface area contributed by atoms with Crippen LogP contribution in [-0.2, 0) is 6.42 Å². The molecule has 0 saturated heterocycles. The van der Waals surface area contributed by atoms with Crippen LogP contribution in [0, 0.1) is 0 Å². The second-order valence-corrected chi connectivity index (χ2v) is 13.0. The molecular formula is C48H38N4O. The Kier molecular flexibility index (Phi) is 9.45. The number of hydrogen-bond acceptors (Lipinski definition) is 3. The summed E-state index contributed by atoms with van der Waals surface area (Å²) in [4.78, 5) is 10.2. The lowest BCUT2D eigenvalue weighted by atomic mass is 9.94. The Morgan fingerprint density at radius 1 is 0.509 bits per heavy atom. The van der Waals surface area contributed by atoms with Gasteiger partial charge in [-0.15, -0.1) is 0 Å². The summed E-state index contributed by atoms with van der Waals surface area (Å²) in [5.41, 5.74) is 24.0. The van der Waals surface area contributed by atoms with Gasteiger partial charge >= 0.3 is 0 Å². The van der Waals surface area contributed by atoms with Crippen molar-refractivity contribution in [2.24, 2.45) is 21.5 Å². The first-order chi connectivity index (χ1) is 26.1. The lowest BCUT2D eigenvalue weighted by Crippen LogP contribution is -2.17. The summed E-state index contributed by atoms with van der Waals surface area (Å²) in [5.74, 6) is 0.854. The fraction of sp³-hybridized carbons (Fsp3) is 0.0417. The highest BCUT2D eigenvalue weighted by Crippen LogP contribution is 2.33. The first-order valence-corrected chi connectivity index (χ1v) is 17.7. The minimum absolute atomic E-state index is 0.393. The maximum atomic E-state index is 6.90. The minimum Gasteiger partial charge on any atom is -0.456 e. The van der Waals surface area contributed by atoms with Crippen LogP contribution in [0.3, 0.4) is 0 Å². The van der Waals surface area contributed by atoms with Crippen molar-refractivity contribution >= 4 is 39.3 Å².